The van der Waals surface area contributed by atoms with Crippen LogP contribution in [0.3, 0.4) is 0 Å². The zero-order chi connectivity index (χ0) is 23.3. The average molecular weight is 458 g/mol. The maximum Gasteiger partial charge on any atom is 0.340 e. The van der Waals surface area contributed by atoms with E-state index in [2.05, 4.69) is 5.32 Å². The Balaban J connectivity index is 1.67. The number of piperidine rings is 1. The van der Waals surface area contributed by atoms with Gasteiger partial charge in [0.05, 0.1) is 42.0 Å². The summed E-state index contributed by atoms with van der Waals surface area (Å²) in [5.41, 5.74) is 0.848. The van der Waals surface area contributed by atoms with Gasteiger partial charge in [-0.2, -0.15) is 9.57 Å². The van der Waals surface area contributed by atoms with Gasteiger partial charge in [0.25, 0.3) is 0 Å². The van der Waals surface area contributed by atoms with E-state index in [0.717, 1.165) is 0 Å². The number of anilines is 1. The monoisotopic (exact) mass is 457 g/mol. The Bertz CT molecular complexity index is 1150. The highest BCUT2D eigenvalue weighted by Crippen LogP contribution is 2.27. The van der Waals surface area contributed by atoms with Gasteiger partial charge in [0.1, 0.15) is 5.75 Å². The Hall–Kier alpha value is -3.42. The van der Waals surface area contributed by atoms with E-state index in [9.17, 15) is 18.0 Å². The zero-order valence-electron chi connectivity index (χ0n) is 17.7. The maximum atomic E-state index is 12.8. The Morgan fingerprint density at radius 3 is 2.31 bits per heavy atom. The van der Waals surface area contributed by atoms with Crippen molar-refractivity contribution in [3.63, 3.8) is 0 Å². The number of nitriles is 1. The molecule has 0 radical (unpaired) electrons. The van der Waals surface area contributed by atoms with Crippen molar-refractivity contribution in [3.8, 4) is 11.8 Å². The molecule has 168 valence electrons. The molecule has 1 heterocycles. The van der Waals surface area contributed by atoms with Crippen LogP contribution in [0.5, 0.6) is 5.75 Å². The largest absolute Gasteiger partial charge is 0.497 e. The van der Waals surface area contributed by atoms with Crippen LogP contribution in [0.25, 0.3) is 0 Å². The van der Waals surface area contributed by atoms with Crippen LogP contribution in [0.4, 0.5) is 5.69 Å². The first-order valence-electron chi connectivity index (χ1n) is 9.87. The SMILES string of the molecule is COC(=O)c1cc(OC)ccc1NC(=O)C1CCN(S(=O)(=O)c2ccc(C#N)cc2)CC1. The maximum absolute atomic E-state index is 12.8. The number of hydrogen-bond acceptors (Lipinski definition) is 7. The highest BCUT2D eigenvalue weighted by Gasteiger charge is 2.32. The second-order valence-electron chi connectivity index (χ2n) is 7.21. The predicted octanol–water partition coefficient (Wildman–Crippen LogP) is 2.39. The van der Waals surface area contributed by atoms with Crippen LogP contribution in [0.2, 0.25) is 0 Å². The smallest absolute Gasteiger partial charge is 0.340 e. The number of esters is 1. The molecule has 2 aromatic carbocycles. The minimum atomic E-state index is -3.71. The van der Waals surface area contributed by atoms with E-state index in [1.165, 1.54) is 48.9 Å². The van der Waals surface area contributed by atoms with Crippen LogP contribution in [-0.4, -0.2) is 51.9 Å². The van der Waals surface area contributed by atoms with Crippen molar-refractivity contribution >= 4 is 27.6 Å². The number of nitrogens with zero attached hydrogens (tertiary/aromatic N) is 2. The molecule has 1 aliphatic heterocycles. The van der Waals surface area contributed by atoms with Crippen LogP contribution < -0.4 is 10.1 Å². The number of carbonyl (C=O) groups is 2. The summed E-state index contributed by atoms with van der Waals surface area (Å²) >= 11 is 0. The van der Waals surface area contributed by atoms with Crippen LogP contribution in [0.15, 0.2) is 47.4 Å². The minimum absolute atomic E-state index is 0.111. The third-order valence-corrected chi connectivity index (χ3v) is 7.25. The van der Waals surface area contributed by atoms with Gasteiger partial charge >= 0.3 is 5.97 Å². The van der Waals surface area contributed by atoms with Crippen molar-refractivity contribution in [1.29, 1.82) is 5.26 Å². The number of methoxy groups -OCH3 is 2. The van der Waals surface area contributed by atoms with Gasteiger partial charge in [-0.3, -0.25) is 4.79 Å². The first-order chi connectivity index (χ1) is 15.3. The number of carbonyl (C=O) groups excluding carboxylic acids is 2. The van der Waals surface area contributed by atoms with Crippen molar-refractivity contribution in [3.05, 3.63) is 53.6 Å². The lowest BCUT2D eigenvalue weighted by Gasteiger charge is -2.30. The summed E-state index contributed by atoms with van der Waals surface area (Å²) in [6.07, 6.45) is 0.677. The fourth-order valence-corrected chi connectivity index (χ4v) is 4.95. The van der Waals surface area contributed by atoms with Gasteiger partial charge in [-0.05, 0) is 55.3 Å². The molecular formula is C22H23N3O6S. The molecule has 3 rings (SSSR count). The van der Waals surface area contributed by atoms with Gasteiger partial charge in [0.2, 0.25) is 15.9 Å². The van der Waals surface area contributed by atoms with Gasteiger partial charge in [0, 0.05) is 19.0 Å². The Labute approximate surface area is 186 Å². The lowest BCUT2D eigenvalue weighted by Crippen LogP contribution is -2.41. The third-order valence-electron chi connectivity index (χ3n) is 5.34. The summed E-state index contributed by atoms with van der Waals surface area (Å²) < 4.78 is 36.9. The Morgan fingerprint density at radius 2 is 1.75 bits per heavy atom. The number of amides is 1. The summed E-state index contributed by atoms with van der Waals surface area (Å²) in [4.78, 5) is 25.0. The number of sulfonamides is 1. The van der Waals surface area contributed by atoms with Gasteiger partial charge in [-0.15, -0.1) is 0 Å². The topological polar surface area (TPSA) is 126 Å². The number of nitrogens with one attached hydrogen (secondary N) is 1. The normalized spacial score (nSPS) is 14.9. The molecule has 0 bridgehead atoms. The van der Waals surface area contributed by atoms with Crippen molar-refractivity contribution in [2.75, 3.05) is 32.6 Å². The molecule has 1 N–H and O–H groups in total. The van der Waals surface area contributed by atoms with Crippen molar-refractivity contribution in [2.24, 2.45) is 5.92 Å². The molecule has 9 nitrogen and oxygen atoms in total. The summed E-state index contributed by atoms with van der Waals surface area (Å²) in [5, 5.41) is 11.6. The number of rotatable bonds is 6. The van der Waals surface area contributed by atoms with Crippen molar-refractivity contribution in [1.82, 2.24) is 4.31 Å². The lowest BCUT2D eigenvalue weighted by molar-refractivity contribution is -0.120. The fraction of sp³-hybridized carbons (Fsp3) is 0.318. The number of benzene rings is 2. The van der Waals surface area contributed by atoms with E-state index in [0.29, 0.717) is 29.8 Å². The molecule has 10 heteroatoms. The van der Waals surface area contributed by atoms with E-state index in [1.807, 2.05) is 6.07 Å². The first kappa shape index (κ1) is 23.2. The summed E-state index contributed by atoms with van der Waals surface area (Å²) in [6, 6.07) is 12.4. The van der Waals surface area contributed by atoms with E-state index in [1.54, 1.807) is 12.1 Å². The van der Waals surface area contributed by atoms with Crippen molar-refractivity contribution in [2.45, 2.75) is 17.7 Å². The molecular weight excluding hydrogens is 434 g/mol. The van der Waals surface area contributed by atoms with Crippen LogP contribution in [-0.2, 0) is 19.6 Å². The molecule has 1 aliphatic rings. The molecule has 0 spiro atoms. The summed E-state index contributed by atoms with van der Waals surface area (Å²) in [6.45, 7) is 0.375. The summed E-state index contributed by atoms with van der Waals surface area (Å²) in [7, 11) is -0.993. The molecule has 1 fully saturated rings. The highest BCUT2D eigenvalue weighted by atomic mass is 32.2. The van der Waals surface area contributed by atoms with Gasteiger partial charge < -0.3 is 14.8 Å². The fourth-order valence-electron chi connectivity index (χ4n) is 3.48. The van der Waals surface area contributed by atoms with E-state index in [4.69, 9.17) is 14.7 Å². The highest BCUT2D eigenvalue weighted by molar-refractivity contribution is 7.89. The Kier molecular flexibility index (Phi) is 7.12. The molecule has 0 atom stereocenters. The lowest BCUT2D eigenvalue weighted by atomic mass is 9.97. The van der Waals surface area contributed by atoms with Crippen LogP contribution >= 0.6 is 0 Å². The zero-order valence-corrected chi connectivity index (χ0v) is 18.5. The first-order valence-corrected chi connectivity index (χ1v) is 11.3. The van der Waals surface area contributed by atoms with Gasteiger partial charge in [-0.1, -0.05) is 0 Å². The molecule has 0 aromatic heterocycles. The quantitative estimate of drug-likeness (QED) is 0.660. The van der Waals surface area contributed by atoms with E-state index < -0.39 is 21.9 Å². The van der Waals surface area contributed by atoms with Crippen LogP contribution in [0, 0.1) is 17.2 Å². The third kappa shape index (κ3) is 4.90. The number of ether oxygens (including phenoxy) is 2. The Morgan fingerprint density at radius 1 is 1.09 bits per heavy atom. The van der Waals surface area contributed by atoms with Gasteiger partial charge in [0.15, 0.2) is 0 Å². The standard InChI is InChI=1S/C22H23N3O6S/c1-30-17-5-8-20(19(13-17)22(27)31-2)24-21(26)16-9-11-25(12-10-16)32(28,29)18-6-3-15(14-23)4-7-18/h3-8,13,16H,9-12H2,1-2H3,(H,24,26). The van der Waals surface area contributed by atoms with E-state index in [-0.39, 0.29) is 29.5 Å². The molecule has 0 saturated carbocycles. The van der Waals surface area contributed by atoms with Crippen molar-refractivity contribution < 1.29 is 27.5 Å². The molecule has 2 aromatic rings. The van der Waals surface area contributed by atoms with Crippen LogP contribution in [0.1, 0.15) is 28.8 Å². The average Bonchev–Trinajstić information content (AvgIpc) is 2.83. The molecule has 32 heavy (non-hydrogen) atoms. The number of hydrogen-bond donors (Lipinski definition) is 1. The molecule has 0 unspecified atom stereocenters. The van der Waals surface area contributed by atoms with E-state index >= 15 is 0 Å². The predicted molar refractivity (Wildman–Crippen MR) is 116 cm³/mol. The minimum Gasteiger partial charge on any atom is -0.497 e. The van der Waals surface area contributed by atoms with Gasteiger partial charge in [-0.25, -0.2) is 13.2 Å². The summed E-state index contributed by atoms with van der Waals surface area (Å²) in [5.74, 6) is -0.863. The molecule has 0 aliphatic carbocycles. The molecule has 1 saturated heterocycles. The molecule has 1 amide bonds. The second kappa shape index (κ2) is 9.80. The second-order valence-corrected chi connectivity index (χ2v) is 9.14.